The Balaban J connectivity index is 2.19. The third kappa shape index (κ3) is 3.31. The molecule has 0 saturated carbocycles. The molecule has 0 radical (unpaired) electrons. The predicted octanol–water partition coefficient (Wildman–Crippen LogP) is 2.40. The van der Waals surface area contributed by atoms with Gasteiger partial charge in [-0.15, -0.1) is 5.10 Å². The minimum atomic E-state index is -4.36. The first-order valence-electron chi connectivity index (χ1n) is 5.60. The SMILES string of the molecule is C[C@H](O)c1cn(Cc2cccc(C(F)(F)F)c2)nn1. The van der Waals surface area contributed by atoms with Crippen molar-refractivity contribution in [2.24, 2.45) is 0 Å². The van der Waals surface area contributed by atoms with Gasteiger partial charge in [-0.1, -0.05) is 17.3 Å². The van der Waals surface area contributed by atoms with Crippen LogP contribution in [0.15, 0.2) is 30.5 Å². The van der Waals surface area contributed by atoms with Crippen LogP contribution >= 0.6 is 0 Å². The summed E-state index contributed by atoms with van der Waals surface area (Å²) < 4.78 is 39.0. The predicted molar refractivity (Wildman–Crippen MR) is 61.2 cm³/mol. The van der Waals surface area contributed by atoms with E-state index in [0.29, 0.717) is 11.3 Å². The lowest BCUT2D eigenvalue weighted by atomic mass is 10.1. The molecule has 1 aromatic heterocycles. The van der Waals surface area contributed by atoms with Crippen LogP contribution in [-0.2, 0) is 12.7 Å². The lowest BCUT2D eigenvalue weighted by Crippen LogP contribution is -2.07. The molecule has 1 heterocycles. The van der Waals surface area contributed by atoms with E-state index in [4.69, 9.17) is 0 Å². The van der Waals surface area contributed by atoms with Crippen LogP contribution in [0.3, 0.4) is 0 Å². The summed E-state index contributed by atoms with van der Waals surface area (Å²) in [5.41, 5.74) is 0.157. The van der Waals surface area contributed by atoms with E-state index >= 15 is 0 Å². The number of aromatic nitrogens is 3. The number of hydrogen-bond donors (Lipinski definition) is 1. The van der Waals surface area contributed by atoms with Gasteiger partial charge in [0.2, 0.25) is 0 Å². The fraction of sp³-hybridized carbons (Fsp3) is 0.333. The Morgan fingerprint density at radius 2 is 2.11 bits per heavy atom. The van der Waals surface area contributed by atoms with Gasteiger partial charge in [-0.3, -0.25) is 0 Å². The molecule has 0 fully saturated rings. The Morgan fingerprint density at radius 3 is 2.68 bits per heavy atom. The Labute approximate surface area is 107 Å². The number of alkyl halides is 3. The maximum atomic E-state index is 12.5. The molecule has 19 heavy (non-hydrogen) atoms. The van der Waals surface area contributed by atoms with Gasteiger partial charge in [-0.2, -0.15) is 13.2 Å². The van der Waals surface area contributed by atoms with Crippen molar-refractivity contribution in [3.8, 4) is 0 Å². The standard InChI is InChI=1S/C12H12F3N3O/c1-8(19)11-7-18(17-16-11)6-9-3-2-4-10(5-9)12(13,14)15/h2-5,7-8,19H,6H2,1H3/t8-/m0/s1. The van der Waals surface area contributed by atoms with E-state index in [9.17, 15) is 18.3 Å². The zero-order chi connectivity index (χ0) is 14.0. The van der Waals surface area contributed by atoms with Gasteiger partial charge in [0.1, 0.15) is 5.69 Å². The molecule has 0 aliphatic rings. The number of nitrogens with zero attached hydrogens (tertiary/aromatic N) is 3. The highest BCUT2D eigenvalue weighted by atomic mass is 19.4. The van der Waals surface area contributed by atoms with E-state index in [1.807, 2.05) is 0 Å². The molecular formula is C12H12F3N3O. The number of benzene rings is 1. The molecule has 7 heteroatoms. The number of halogens is 3. The van der Waals surface area contributed by atoms with E-state index in [1.54, 1.807) is 13.0 Å². The summed E-state index contributed by atoms with van der Waals surface area (Å²) in [4.78, 5) is 0. The number of aliphatic hydroxyl groups excluding tert-OH is 1. The lowest BCUT2D eigenvalue weighted by Gasteiger charge is -2.08. The van der Waals surface area contributed by atoms with Gasteiger partial charge < -0.3 is 5.11 Å². The second-order valence-electron chi connectivity index (χ2n) is 4.22. The molecule has 0 aliphatic carbocycles. The second-order valence-corrected chi connectivity index (χ2v) is 4.22. The molecule has 2 aromatic rings. The van der Waals surface area contributed by atoms with E-state index < -0.39 is 17.8 Å². The van der Waals surface area contributed by atoms with Gasteiger partial charge in [-0.05, 0) is 24.6 Å². The van der Waals surface area contributed by atoms with Crippen molar-refractivity contribution in [1.82, 2.24) is 15.0 Å². The zero-order valence-corrected chi connectivity index (χ0v) is 10.1. The van der Waals surface area contributed by atoms with Crippen molar-refractivity contribution >= 4 is 0 Å². The molecule has 4 nitrogen and oxygen atoms in total. The molecule has 0 aliphatic heterocycles. The van der Waals surface area contributed by atoms with Gasteiger partial charge in [0, 0.05) is 0 Å². The first-order chi connectivity index (χ1) is 8.86. The Kier molecular flexibility index (Phi) is 3.57. The van der Waals surface area contributed by atoms with Gasteiger partial charge in [0.05, 0.1) is 24.4 Å². The van der Waals surface area contributed by atoms with Gasteiger partial charge in [-0.25, -0.2) is 4.68 Å². The fourth-order valence-electron chi connectivity index (χ4n) is 1.62. The van der Waals surface area contributed by atoms with Crippen LogP contribution in [0.5, 0.6) is 0 Å². The summed E-state index contributed by atoms with van der Waals surface area (Å²) in [6.45, 7) is 1.71. The molecule has 0 unspecified atom stereocenters. The number of aliphatic hydroxyl groups is 1. The average molecular weight is 271 g/mol. The van der Waals surface area contributed by atoms with E-state index in [0.717, 1.165) is 12.1 Å². The quantitative estimate of drug-likeness (QED) is 0.932. The van der Waals surface area contributed by atoms with Crippen molar-refractivity contribution in [2.75, 3.05) is 0 Å². The smallest absolute Gasteiger partial charge is 0.387 e. The van der Waals surface area contributed by atoms with Crippen LogP contribution in [0.1, 0.15) is 29.8 Å². The van der Waals surface area contributed by atoms with Gasteiger partial charge >= 0.3 is 6.18 Å². The summed E-state index contributed by atoms with van der Waals surface area (Å²) in [6, 6.07) is 5.03. The summed E-state index contributed by atoms with van der Waals surface area (Å²) in [6.07, 6.45) is -3.61. The molecule has 1 N–H and O–H groups in total. The maximum Gasteiger partial charge on any atom is 0.416 e. The normalized spacial score (nSPS) is 13.5. The highest BCUT2D eigenvalue weighted by molar-refractivity contribution is 5.25. The minimum absolute atomic E-state index is 0.170. The summed E-state index contributed by atoms with van der Waals surface area (Å²) in [5, 5.41) is 16.8. The van der Waals surface area contributed by atoms with Crippen LogP contribution in [-0.4, -0.2) is 20.1 Å². The van der Waals surface area contributed by atoms with Crippen LogP contribution in [0.4, 0.5) is 13.2 Å². The van der Waals surface area contributed by atoms with E-state index in [-0.39, 0.29) is 6.54 Å². The van der Waals surface area contributed by atoms with Gasteiger partial charge in [0.15, 0.2) is 0 Å². The monoisotopic (exact) mass is 271 g/mol. The van der Waals surface area contributed by atoms with Crippen LogP contribution in [0, 0.1) is 0 Å². The molecule has 102 valence electrons. The van der Waals surface area contributed by atoms with Crippen LogP contribution in [0.2, 0.25) is 0 Å². The maximum absolute atomic E-state index is 12.5. The van der Waals surface area contributed by atoms with Crippen molar-refractivity contribution in [1.29, 1.82) is 0 Å². The molecule has 0 bridgehead atoms. The molecule has 0 saturated heterocycles. The second kappa shape index (κ2) is 5.00. The van der Waals surface area contributed by atoms with Crippen LogP contribution in [0.25, 0.3) is 0 Å². The summed E-state index contributed by atoms with van der Waals surface area (Å²) in [7, 11) is 0. The molecule has 0 amide bonds. The topological polar surface area (TPSA) is 50.9 Å². The van der Waals surface area contributed by atoms with Crippen molar-refractivity contribution in [3.05, 3.63) is 47.3 Å². The van der Waals surface area contributed by atoms with E-state index in [1.165, 1.54) is 16.9 Å². The lowest BCUT2D eigenvalue weighted by molar-refractivity contribution is -0.137. The molecular weight excluding hydrogens is 259 g/mol. The highest BCUT2D eigenvalue weighted by Crippen LogP contribution is 2.29. The highest BCUT2D eigenvalue weighted by Gasteiger charge is 2.30. The number of hydrogen-bond acceptors (Lipinski definition) is 3. The average Bonchev–Trinajstić information content (AvgIpc) is 2.77. The van der Waals surface area contributed by atoms with Gasteiger partial charge in [0.25, 0.3) is 0 Å². The Bertz CT molecular complexity index is 563. The van der Waals surface area contributed by atoms with Crippen LogP contribution < -0.4 is 0 Å². The largest absolute Gasteiger partial charge is 0.416 e. The number of rotatable bonds is 3. The fourth-order valence-corrected chi connectivity index (χ4v) is 1.62. The zero-order valence-electron chi connectivity index (χ0n) is 10.1. The van der Waals surface area contributed by atoms with E-state index in [2.05, 4.69) is 10.3 Å². The Hall–Kier alpha value is -1.89. The first-order valence-corrected chi connectivity index (χ1v) is 5.60. The molecule has 1 atom stereocenters. The third-order valence-electron chi connectivity index (χ3n) is 2.58. The minimum Gasteiger partial charge on any atom is -0.387 e. The summed E-state index contributed by atoms with van der Waals surface area (Å²) in [5.74, 6) is 0. The van der Waals surface area contributed by atoms with Crippen molar-refractivity contribution in [2.45, 2.75) is 25.7 Å². The van der Waals surface area contributed by atoms with Crippen molar-refractivity contribution < 1.29 is 18.3 Å². The van der Waals surface area contributed by atoms with Crippen molar-refractivity contribution in [3.63, 3.8) is 0 Å². The first kappa shape index (κ1) is 13.5. The summed E-state index contributed by atoms with van der Waals surface area (Å²) >= 11 is 0. The molecule has 1 aromatic carbocycles. The molecule has 0 spiro atoms. The Morgan fingerprint density at radius 1 is 1.37 bits per heavy atom. The third-order valence-corrected chi connectivity index (χ3v) is 2.58. The molecule has 2 rings (SSSR count).